The molecule has 0 atom stereocenters. The molecule has 0 aliphatic heterocycles. The summed E-state index contributed by atoms with van der Waals surface area (Å²) in [5, 5.41) is 9.21. The summed E-state index contributed by atoms with van der Waals surface area (Å²) in [6.07, 6.45) is 2.70. The van der Waals surface area contributed by atoms with Crippen LogP contribution in [-0.4, -0.2) is 20.6 Å². The van der Waals surface area contributed by atoms with Crippen molar-refractivity contribution >= 4 is 39.9 Å². The van der Waals surface area contributed by atoms with Crippen LogP contribution in [-0.2, 0) is 6.42 Å². The first kappa shape index (κ1) is 17.0. The molecule has 3 rings (SSSR count). The molecule has 2 heterocycles. The predicted octanol–water partition coefficient (Wildman–Crippen LogP) is 5.40. The number of hydrogen-bond donors (Lipinski definition) is 1. The Morgan fingerprint density at radius 3 is 2.62 bits per heavy atom. The van der Waals surface area contributed by atoms with Crippen LogP contribution in [0, 0.1) is 0 Å². The normalized spacial score (nSPS) is 11.5. The van der Waals surface area contributed by atoms with Gasteiger partial charge in [0.2, 0.25) is 0 Å². The highest BCUT2D eigenvalue weighted by Crippen LogP contribution is 2.30. The van der Waals surface area contributed by atoms with E-state index in [1.807, 2.05) is 18.2 Å². The van der Waals surface area contributed by atoms with Crippen LogP contribution in [0.25, 0.3) is 11.0 Å². The molecule has 0 amide bonds. The number of imidazole rings is 1. The van der Waals surface area contributed by atoms with Crippen LogP contribution in [0.1, 0.15) is 53.8 Å². The van der Waals surface area contributed by atoms with Crippen molar-refractivity contribution in [2.24, 2.45) is 0 Å². The van der Waals surface area contributed by atoms with E-state index in [0.29, 0.717) is 12.5 Å². The maximum Gasteiger partial charge on any atom is 0.335 e. The zero-order valence-electron chi connectivity index (χ0n) is 13.6. The van der Waals surface area contributed by atoms with E-state index in [2.05, 4.69) is 18.4 Å². The molecular weight excluding hydrogens is 344 g/mol. The van der Waals surface area contributed by atoms with E-state index >= 15 is 0 Å². The standard InChI is InChI=1S/C18H19ClN2O2S/c1-3-12(4-2)21-15-7-5-11(18(22)23)9-14(15)20-17(21)10-13-6-8-16(19)24-13/h5-9,12H,3-4,10H2,1-2H3,(H,22,23). The third-order valence-corrected chi connectivity index (χ3v) is 5.51. The fraction of sp³-hybridized carbons (Fsp3) is 0.333. The molecule has 24 heavy (non-hydrogen) atoms. The summed E-state index contributed by atoms with van der Waals surface area (Å²) >= 11 is 7.60. The minimum Gasteiger partial charge on any atom is -0.478 e. The van der Waals surface area contributed by atoms with E-state index < -0.39 is 5.97 Å². The molecular formula is C18H19ClN2O2S. The second-order valence-electron chi connectivity index (χ2n) is 5.76. The lowest BCUT2D eigenvalue weighted by atomic mass is 10.1. The lowest BCUT2D eigenvalue weighted by Crippen LogP contribution is -2.11. The molecule has 0 aliphatic carbocycles. The van der Waals surface area contributed by atoms with Crippen molar-refractivity contribution in [2.45, 2.75) is 39.2 Å². The number of nitrogens with zero attached hydrogens (tertiary/aromatic N) is 2. The average molecular weight is 363 g/mol. The van der Waals surface area contributed by atoms with Gasteiger partial charge in [0.25, 0.3) is 0 Å². The van der Waals surface area contributed by atoms with Crippen molar-refractivity contribution in [1.29, 1.82) is 0 Å². The Morgan fingerprint density at radius 1 is 1.29 bits per heavy atom. The SMILES string of the molecule is CCC(CC)n1c(Cc2ccc(Cl)s2)nc2cc(C(=O)O)ccc21. The monoisotopic (exact) mass is 362 g/mol. The van der Waals surface area contributed by atoms with Gasteiger partial charge in [0, 0.05) is 17.3 Å². The first-order chi connectivity index (χ1) is 11.5. The van der Waals surface area contributed by atoms with Crippen LogP contribution in [0.2, 0.25) is 4.34 Å². The summed E-state index contributed by atoms with van der Waals surface area (Å²) in [6, 6.07) is 9.43. The van der Waals surface area contributed by atoms with Crippen LogP contribution in [0.3, 0.4) is 0 Å². The molecule has 1 aromatic carbocycles. The molecule has 0 saturated carbocycles. The van der Waals surface area contributed by atoms with Gasteiger partial charge in [-0.15, -0.1) is 11.3 Å². The van der Waals surface area contributed by atoms with Gasteiger partial charge in [0.15, 0.2) is 0 Å². The number of thiophene rings is 1. The highest BCUT2D eigenvalue weighted by Gasteiger charge is 2.18. The molecule has 0 aliphatic rings. The molecule has 4 nitrogen and oxygen atoms in total. The second-order valence-corrected chi connectivity index (χ2v) is 7.56. The molecule has 126 valence electrons. The van der Waals surface area contributed by atoms with Gasteiger partial charge in [-0.2, -0.15) is 0 Å². The summed E-state index contributed by atoms with van der Waals surface area (Å²) in [5.74, 6) is 0.0281. The number of hydrogen-bond acceptors (Lipinski definition) is 3. The van der Waals surface area contributed by atoms with Crippen molar-refractivity contribution in [2.75, 3.05) is 0 Å². The molecule has 0 radical (unpaired) electrons. The topological polar surface area (TPSA) is 55.1 Å². The van der Waals surface area contributed by atoms with Crippen molar-refractivity contribution in [3.63, 3.8) is 0 Å². The van der Waals surface area contributed by atoms with E-state index in [1.54, 1.807) is 23.5 Å². The fourth-order valence-electron chi connectivity index (χ4n) is 3.07. The second kappa shape index (κ2) is 6.95. The van der Waals surface area contributed by atoms with Crippen LogP contribution < -0.4 is 0 Å². The lowest BCUT2D eigenvalue weighted by Gasteiger charge is -2.18. The molecule has 0 bridgehead atoms. The van der Waals surface area contributed by atoms with Gasteiger partial charge in [-0.1, -0.05) is 25.4 Å². The molecule has 0 fully saturated rings. The maximum atomic E-state index is 11.2. The molecule has 1 N–H and O–H groups in total. The first-order valence-electron chi connectivity index (χ1n) is 8.01. The number of halogens is 1. The van der Waals surface area contributed by atoms with Crippen molar-refractivity contribution in [3.05, 3.63) is 50.9 Å². The molecule has 0 unspecified atom stereocenters. The number of rotatable bonds is 6. The molecule has 6 heteroatoms. The first-order valence-corrected chi connectivity index (χ1v) is 9.21. The molecule has 0 spiro atoms. The van der Waals surface area contributed by atoms with E-state index in [1.165, 1.54) is 0 Å². The van der Waals surface area contributed by atoms with Crippen molar-refractivity contribution < 1.29 is 9.90 Å². The van der Waals surface area contributed by atoms with E-state index in [0.717, 1.165) is 38.9 Å². The quantitative estimate of drug-likeness (QED) is 0.638. The summed E-state index contributed by atoms with van der Waals surface area (Å²) in [5.41, 5.74) is 1.99. The lowest BCUT2D eigenvalue weighted by molar-refractivity contribution is 0.0697. The number of aromatic carboxylic acids is 1. The number of carbonyl (C=O) groups is 1. The molecule has 2 aromatic heterocycles. The van der Waals surface area contributed by atoms with Crippen LogP contribution >= 0.6 is 22.9 Å². The minimum absolute atomic E-state index is 0.266. The maximum absolute atomic E-state index is 11.2. The third-order valence-electron chi connectivity index (χ3n) is 4.28. The van der Waals surface area contributed by atoms with E-state index in [4.69, 9.17) is 16.6 Å². The minimum atomic E-state index is -0.930. The summed E-state index contributed by atoms with van der Waals surface area (Å²) in [7, 11) is 0. The van der Waals surface area contributed by atoms with Gasteiger partial charge in [-0.25, -0.2) is 9.78 Å². The molecule has 3 aromatic rings. The number of benzene rings is 1. The van der Waals surface area contributed by atoms with Crippen LogP contribution in [0.4, 0.5) is 0 Å². The van der Waals surface area contributed by atoms with Gasteiger partial charge < -0.3 is 9.67 Å². The van der Waals surface area contributed by atoms with Gasteiger partial charge in [-0.05, 0) is 43.2 Å². The highest BCUT2D eigenvalue weighted by molar-refractivity contribution is 7.16. The summed E-state index contributed by atoms with van der Waals surface area (Å²) in [4.78, 5) is 17.1. The van der Waals surface area contributed by atoms with Crippen molar-refractivity contribution in [1.82, 2.24) is 9.55 Å². The van der Waals surface area contributed by atoms with Gasteiger partial charge >= 0.3 is 5.97 Å². The summed E-state index contributed by atoms with van der Waals surface area (Å²) in [6.45, 7) is 4.33. The third kappa shape index (κ3) is 3.19. The molecule has 0 saturated heterocycles. The van der Waals surface area contributed by atoms with Crippen molar-refractivity contribution in [3.8, 4) is 0 Å². The predicted molar refractivity (Wildman–Crippen MR) is 98.4 cm³/mol. The Morgan fingerprint density at radius 2 is 2.04 bits per heavy atom. The highest BCUT2D eigenvalue weighted by atomic mass is 35.5. The fourth-order valence-corrected chi connectivity index (χ4v) is 4.15. The number of aromatic nitrogens is 2. The summed E-state index contributed by atoms with van der Waals surface area (Å²) < 4.78 is 3.03. The Bertz CT molecular complexity index is 880. The number of fused-ring (bicyclic) bond motifs is 1. The van der Waals surface area contributed by atoms with Gasteiger partial charge in [0.05, 0.1) is 20.9 Å². The van der Waals surface area contributed by atoms with E-state index in [-0.39, 0.29) is 5.56 Å². The van der Waals surface area contributed by atoms with Gasteiger partial charge in [-0.3, -0.25) is 0 Å². The smallest absolute Gasteiger partial charge is 0.335 e. The van der Waals surface area contributed by atoms with Crippen LogP contribution in [0.15, 0.2) is 30.3 Å². The Hall–Kier alpha value is -1.85. The van der Waals surface area contributed by atoms with Gasteiger partial charge in [0.1, 0.15) is 5.82 Å². The zero-order chi connectivity index (χ0) is 17.3. The zero-order valence-corrected chi connectivity index (χ0v) is 15.2. The van der Waals surface area contributed by atoms with E-state index in [9.17, 15) is 9.90 Å². The number of carboxylic acids is 1. The average Bonchev–Trinajstić information content (AvgIpc) is 3.12. The Kier molecular flexibility index (Phi) is 4.92. The Labute approximate surface area is 149 Å². The largest absolute Gasteiger partial charge is 0.478 e. The Balaban J connectivity index is 2.13. The van der Waals surface area contributed by atoms with Crippen LogP contribution in [0.5, 0.6) is 0 Å². The number of carboxylic acid groups (broad SMARTS) is 1.